The van der Waals surface area contributed by atoms with Gasteiger partial charge in [0, 0.05) is 37.0 Å². The van der Waals surface area contributed by atoms with Gasteiger partial charge in [0.1, 0.15) is 5.76 Å². The summed E-state index contributed by atoms with van der Waals surface area (Å²) in [6, 6.07) is 1.98. The Hall–Kier alpha value is -2.37. The van der Waals surface area contributed by atoms with Crippen LogP contribution in [0.15, 0.2) is 23.0 Å². The van der Waals surface area contributed by atoms with Crippen LogP contribution in [0.4, 0.5) is 5.69 Å². The first-order valence-corrected chi connectivity index (χ1v) is 7.01. The van der Waals surface area contributed by atoms with Crippen molar-refractivity contribution in [2.24, 2.45) is 7.05 Å². The van der Waals surface area contributed by atoms with E-state index in [1.54, 1.807) is 10.9 Å². The minimum atomic E-state index is 0.316. The van der Waals surface area contributed by atoms with Gasteiger partial charge in [0.05, 0.1) is 17.3 Å². The fraction of sp³-hybridized carbons (Fsp3) is 0.400. The van der Waals surface area contributed by atoms with Crippen molar-refractivity contribution in [2.45, 2.75) is 26.7 Å². The molecule has 0 unspecified atom stereocenters. The van der Waals surface area contributed by atoms with Crippen LogP contribution in [0.5, 0.6) is 0 Å². The molecule has 0 amide bonds. The van der Waals surface area contributed by atoms with Crippen LogP contribution in [0.3, 0.4) is 0 Å². The monoisotopic (exact) mass is 285 g/mol. The molecule has 0 aromatic carbocycles. The van der Waals surface area contributed by atoms with Crippen molar-refractivity contribution in [1.29, 1.82) is 0 Å². The SMILES string of the molecule is Cc1noc(C)c1[C@H](C)CNc1ccnc2c1cnn2C. The Bertz CT molecular complexity index is 754. The molecular formula is C15H19N5O. The van der Waals surface area contributed by atoms with E-state index in [2.05, 4.69) is 27.5 Å². The number of hydrogen-bond donors (Lipinski definition) is 1. The lowest BCUT2D eigenvalue weighted by Crippen LogP contribution is -2.11. The minimum absolute atomic E-state index is 0.316. The first-order valence-electron chi connectivity index (χ1n) is 7.01. The number of fused-ring (bicyclic) bond motifs is 1. The molecule has 0 saturated carbocycles. The van der Waals surface area contributed by atoms with Gasteiger partial charge in [-0.05, 0) is 19.9 Å². The maximum atomic E-state index is 5.24. The van der Waals surface area contributed by atoms with E-state index >= 15 is 0 Å². The highest BCUT2D eigenvalue weighted by Gasteiger charge is 2.16. The van der Waals surface area contributed by atoms with Gasteiger partial charge in [-0.1, -0.05) is 12.1 Å². The number of aryl methyl sites for hydroxylation is 3. The quantitative estimate of drug-likeness (QED) is 0.798. The van der Waals surface area contributed by atoms with E-state index < -0.39 is 0 Å². The van der Waals surface area contributed by atoms with Gasteiger partial charge in [-0.25, -0.2) is 4.98 Å². The molecule has 0 radical (unpaired) electrons. The van der Waals surface area contributed by atoms with Gasteiger partial charge in [-0.2, -0.15) is 5.10 Å². The Kier molecular flexibility index (Phi) is 3.37. The number of aromatic nitrogens is 4. The van der Waals surface area contributed by atoms with E-state index in [0.717, 1.165) is 34.7 Å². The predicted molar refractivity (Wildman–Crippen MR) is 81.4 cm³/mol. The lowest BCUT2D eigenvalue weighted by molar-refractivity contribution is 0.391. The van der Waals surface area contributed by atoms with Gasteiger partial charge in [0.15, 0.2) is 5.65 Å². The molecule has 1 atom stereocenters. The first kappa shape index (κ1) is 13.6. The molecule has 1 N–H and O–H groups in total. The van der Waals surface area contributed by atoms with Gasteiger partial charge >= 0.3 is 0 Å². The molecule has 0 bridgehead atoms. The molecule has 0 aliphatic rings. The highest BCUT2D eigenvalue weighted by atomic mass is 16.5. The third kappa shape index (κ3) is 2.37. The van der Waals surface area contributed by atoms with Gasteiger partial charge in [0.2, 0.25) is 0 Å². The average Bonchev–Trinajstić information content (AvgIpc) is 3.00. The summed E-state index contributed by atoms with van der Waals surface area (Å²) in [4.78, 5) is 4.34. The van der Waals surface area contributed by atoms with E-state index in [4.69, 9.17) is 4.52 Å². The van der Waals surface area contributed by atoms with E-state index in [1.807, 2.05) is 33.2 Å². The standard InChI is InChI=1S/C15H19N5O/c1-9(14-10(2)19-21-11(14)3)7-17-13-5-6-16-15-12(13)8-18-20(15)4/h5-6,8-9H,7H2,1-4H3,(H,16,17)/t9-/m1/s1. The average molecular weight is 285 g/mol. The summed E-state index contributed by atoms with van der Waals surface area (Å²) in [5, 5.41) is 12.8. The zero-order valence-corrected chi connectivity index (χ0v) is 12.7. The number of nitrogens with one attached hydrogen (secondary N) is 1. The summed E-state index contributed by atoms with van der Waals surface area (Å²) in [7, 11) is 1.89. The molecule has 21 heavy (non-hydrogen) atoms. The fourth-order valence-corrected chi connectivity index (χ4v) is 2.76. The van der Waals surface area contributed by atoms with Crippen molar-refractivity contribution in [3.8, 4) is 0 Å². The van der Waals surface area contributed by atoms with Gasteiger partial charge < -0.3 is 9.84 Å². The van der Waals surface area contributed by atoms with Crippen LogP contribution in [0.2, 0.25) is 0 Å². The lowest BCUT2D eigenvalue weighted by atomic mass is 9.99. The third-order valence-corrected chi connectivity index (χ3v) is 3.82. The summed E-state index contributed by atoms with van der Waals surface area (Å²) >= 11 is 0. The molecule has 3 rings (SSSR count). The highest BCUT2D eigenvalue weighted by molar-refractivity contribution is 5.88. The topological polar surface area (TPSA) is 68.8 Å². The van der Waals surface area contributed by atoms with Crippen molar-refractivity contribution in [3.05, 3.63) is 35.5 Å². The molecule has 0 fully saturated rings. The normalized spacial score (nSPS) is 12.8. The lowest BCUT2D eigenvalue weighted by Gasteiger charge is -2.14. The van der Waals surface area contributed by atoms with Crippen LogP contribution in [-0.4, -0.2) is 26.5 Å². The van der Waals surface area contributed by atoms with E-state index in [0.29, 0.717) is 5.92 Å². The van der Waals surface area contributed by atoms with Crippen LogP contribution >= 0.6 is 0 Å². The van der Waals surface area contributed by atoms with Crippen molar-refractivity contribution in [1.82, 2.24) is 19.9 Å². The molecule has 3 aromatic rings. The van der Waals surface area contributed by atoms with E-state index in [1.165, 1.54) is 5.56 Å². The second-order valence-corrected chi connectivity index (χ2v) is 5.38. The minimum Gasteiger partial charge on any atom is -0.384 e. The smallest absolute Gasteiger partial charge is 0.159 e. The maximum Gasteiger partial charge on any atom is 0.159 e. The molecule has 3 heterocycles. The Morgan fingerprint density at radius 3 is 2.90 bits per heavy atom. The van der Waals surface area contributed by atoms with Gasteiger partial charge in [-0.3, -0.25) is 4.68 Å². The van der Waals surface area contributed by atoms with Gasteiger partial charge in [0.25, 0.3) is 0 Å². The molecule has 0 saturated heterocycles. The third-order valence-electron chi connectivity index (χ3n) is 3.82. The number of hydrogen-bond acceptors (Lipinski definition) is 5. The van der Waals surface area contributed by atoms with Crippen LogP contribution < -0.4 is 5.32 Å². The second kappa shape index (κ2) is 5.20. The summed E-state index contributed by atoms with van der Waals surface area (Å²) in [5.41, 5.74) is 4.07. The van der Waals surface area contributed by atoms with Crippen molar-refractivity contribution < 1.29 is 4.52 Å². The fourth-order valence-electron chi connectivity index (χ4n) is 2.76. The first-order chi connectivity index (χ1) is 10.1. The molecular weight excluding hydrogens is 266 g/mol. The molecule has 6 nitrogen and oxygen atoms in total. The van der Waals surface area contributed by atoms with Crippen molar-refractivity contribution in [3.63, 3.8) is 0 Å². The Labute approximate surface area is 123 Å². The summed E-state index contributed by atoms with van der Waals surface area (Å²) in [5.74, 6) is 1.21. The maximum absolute atomic E-state index is 5.24. The molecule has 0 aliphatic carbocycles. The Morgan fingerprint density at radius 1 is 1.38 bits per heavy atom. The van der Waals surface area contributed by atoms with Gasteiger partial charge in [-0.15, -0.1) is 0 Å². The molecule has 6 heteroatoms. The van der Waals surface area contributed by atoms with Crippen molar-refractivity contribution in [2.75, 3.05) is 11.9 Å². The van der Waals surface area contributed by atoms with Crippen LogP contribution in [0, 0.1) is 13.8 Å². The summed E-state index contributed by atoms with van der Waals surface area (Å²) in [6.45, 7) is 6.91. The molecule has 3 aromatic heterocycles. The number of nitrogens with zero attached hydrogens (tertiary/aromatic N) is 4. The number of anilines is 1. The molecule has 0 aliphatic heterocycles. The Balaban J connectivity index is 1.81. The zero-order chi connectivity index (χ0) is 15.0. The van der Waals surface area contributed by atoms with E-state index in [-0.39, 0.29) is 0 Å². The summed E-state index contributed by atoms with van der Waals surface area (Å²) in [6.07, 6.45) is 3.64. The number of rotatable bonds is 4. The van der Waals surface area contributed by atoms with E-state index in [9.17, 15) is 0 Å². The predicted octanol–water partition coefficient (Wildman–Crippen LogP) is 2.79. The zero-order valence-electron chi connectivity index (χ0n) is 12.7. The molecule has 0 spiro atoms. The van der Waals surface area contributed by atoms with Crippen LogP contribution in [0.25, 0.3) is 11.0 Å². The van der Waals surface area contributed by atoms with Crippen molar-refractivity contribution >= 4 is 16.7 Å². The Morgan fingerprint density at radius 2 is 2.19 bits per heavy atom. The largest absolute Gasteiger partial charge is 0.384 e. The summed E-state index contributed by atoms with van der Waals surface area (Å²) < 4.78 is 7.02. The highest BCUT2D eigenvalue weighted by Crippen LogP contribution is 2.25. The second-order valence-electron chi connectivity index (χ2n) is 5.38. The molecule has 110 valence electrons. The van der Waals surface area contributed by atoms with Crippen LogP contribution in [-0.2, 0) is 7.05 Å². The van der Waals surface area contributed by atoms with Crippen LogP contribution in [0.1, 0.15) is 29.9 Å². The number of pyridine rings is 1.